The van der Waals surface area contributed by atoms with Gasteiger partial charge in [-0.1, -0.05) is 12.1 Å². The molecule has 1 aromatic heterocycles. The van der Waals surface area contributed by atoms with Crippen molar-refractivity contribution in [2.24, 2.45) is 0 Å². The molecule has 6 heteroatoms. The Bertz CT molecular complexity index is 679. The lowest BCUT2D eigenvalue weighted by atomic mass is 10.2. The van der Waals surface area contributed by atoms with E-state index in [0.29, 0.717) is 18.9 Å². The van der Waals surface area contributed by atoms with E-state index >= 15 is 0 Å². The minimum Gasteiger partial charge on any atom is -0.493 e. The number of hydrogen-bond donors (Lipinski definition) is 2. The molecule has 0 aliphatic rings. The molecule has 0 unspecified atom stereocenters. The van der Waals surface area contributed by atoms with Crippen molar-refractivity contribution in [1.82, 2.24) is 9.97 Å². The van der Waals surface area contributed by atoms with Crippen molar-refractivity contribution in [2.45, 2.75) is 13.3 Å². The van der Waals surface area contributed by atoms with Gasteiger partial charge in [-0.15, -0.1) is 0 Å². The van der Waals surface area contributed by atoms with Crippen LogP contribution in [0, 0.1) is 6.92 Å². The largest absolute Gasteiger partial charge is 0.493 e. The third-order valence-electron chi connectivity index (χ3n) is 2.61. The first-order valence-electron chi connectivity index (χ1n) is 6.07. The van der Waals surface area contributed by atoms with E-state index in [-0.39, 0.29) is 5.69 Å². The van der Waals surface area contributed by atoms with E-state index in [1.54, 1.807) is 0 Å². The van der Waals surface area contributed by atoms with Crippen LogP contribution in [0.5, 0.6) is 5.75 Å². The van der Waals surface area contributed by atoms with E-state index < -0.39 is 11.5 Å². The number of hydrogen-bond acceptors (Lipinski definition) is 4. The number of ether oxygens (including phenoxy) is 1. The van der Waals surface area contributed by atoms with Gasteiger partial charge in [-0.2, -0.15) is 0 Å². The van der Waals surface area contributed by atoms with Crippen molar-refractivity contribution >= 4 is 5.97 Å². The van der Waals surface area contributed by atoms with Crippen LogP contribution in [0.4, 0.5) is 0 Å². The van der Waals surface area contributed by atoms with Crippen LogP contribution in [-0.4, -0.2) is 27.7 Å². The molecular formula is C14H14N2O4. The molecule has 0 amide bonds. The smallest absolute Gasteiger partial charge is 0.354 e. The topological polar surface area (TPSA) is 92.3 Å². The maximum Gasteiger partial charge on any atom is 0.354 e. The summed E-state index contributed by atoms with van der Waals surface area (Å²) in [5.74, 6) is -0.207. The van der Waals surface area contributed by atoms with Crippen LogP contribution in [-0.2, 0) is 6.42 Å². The first-order valence-corrected chi connectivity index (χ1v) is 6.07. The molecule has 0 fully saturated rings. The first-order chi connectivity index (χ1) is 9.54. The molecule has 0 saturated carbocycles. The number of carboxylic acid groups (broad SMARTS) is 1. The summed E-state index contributed by atoms with van der Waals surface area (Å²) >= 11 is 0. The molecule has 2 N–H and O–H groups in total. The molecule has 0 radical (unpaired) electrons. The van der Waals surface area contributed by atoms with Gasteiger partial charge in [-0.05, 0) is 24.6 Å². The number of carbonyl (C=O) groups is 1. The van der Waals surface area contributed by atoms with Gasteiger partial charge >= 0.3 is 5.97 Å². The zero-order valence-electron chi connectivity index (χ0n) is 10.9. The van der Waals surface area contributed by atoms with Gasteiger partial charge in [0.15, 0.2) is 5.69 Å². The number of aryl methyl sites for hydroxylation is 1. The number of benzene rings is 1. The maximum atomic E-state index is 11.3. The number of nitrogens with zero attached hydrogens (tertiary/aromatic N) is 1. The molecule has 0 atom stereocenters. The van der Waals surface area contributed by atoms with Crippen LogP contribution in [0.2, 0.25) is 0 Å². The van der Waals surface area contributed by atoms with Crippen molar-refractivity contribution in [3.05, 3.63) is 57.8 Å². The minimum absolute atomic E-state index is 0.265. The Kier molecular flexibility index (Phi) is 4.14. The van der Waals surface area contributed by atoms with Crippen molar-refractivity contribution in [2.75, 3.05) is 6.61 Å². The fourth-order valence-corrected chi connectivity index (χ4v) is 1.71. The summed E-state index contributed by atoms with van der Waals surface area (Å²) in [5, 5.41) is 8.82. The first kappa shape index (κ1) is 13.8. The Morgan fingerprint density at radius 3 is 2.90 bits per heavy atom. The van der Waals surface area contributed by atoms with Crippen LogP contribution in [0.1, 0.15) is 21.9 Å². The number of aromatic carboxylic acids is 1. The summed E-state index contributed by atoms with van der Waals surface area (Å²) < 4.78 is 5.52. The van der Waals surface area contributed by atoms with Gasteiger partial charge in [-0.25, -0.2) is 9.78 Å². The summed E-state index contributed by atoms with van der Waals surface area (Å²) in [5.41, 5.74) is 0.337. The molecule has 6 nitrogen and oxygen atoms in total. The molecule has 0 spiro atoms. The fourth-order valence-electron chi connectivity index (χ4n) is 1.71. The quantitative estimate of drug-likeness (QED) is 0.859. The second-order valence-corrected chi connectivity index (χ2v) is 4.30. The van der Waals surface area contributed by atoms with Gasteiger partial charge in [0.05, 0.1) is 6.61 Å². The van der Waals surface area contributed by atoms with E-state index in [9.17, 15) is 9.59 Å². The Morgan fingerprint density at radius 2 is 2.20 bits per heavy atom. The Labute approximate surface area is 115 Å². The lowest BCUT2D eigenvalue weighted by Gasteiger charge is -2.06. The molecule has 1 aromatic carbocycles. The summed E-state index contributed by atoms with van der Waals surface area (Å²) in [7, 11) is 0. The third kappa shape index (κ3) is 3.68. The van der Waals surface area contributed by atoms with E-state index in [2.05, 4.69) is 9.97 Å². The van der Waals surface area contributed by atoms with Crippen LogP contribution >= 0.6 is 0 Å². The highest BCUT2D eigenvalue weighted by Gasteiger charge is 2.08. The third-order valence-corrected chi connectivity index (χ3v) is 2.61. The monoisotopic (exact) mass is 274 g/mol. The second kappa shape index (κ2) is 6.01. The second-order valence-electron chi connectivity index (χ2n) is 4.30. The molecule has 104 valence electrons. The number of carboxylic acids is 1. The van der Waals surface area contributed by atoms with Crippen molar-refractivity contribution < 1.29 is 14.6 Å². The molecule has 0 aliphatic carbocycles. The van der Waals surface area contributed by atoms with Gasteiger partial charge in [0.25, 0.3) is 5.56 Å². The van der Waals surface area contributed by atoms with E-state index in [0.717, 1.165) is 17.4 Å². The standard InChI is InChI=1S/C14H14N2O4/c1-9-3-2-4-10(7-9)20-6-5-12-15-11(14(18)19)8-13(17)16-12/h2-4,7-8H,5-6H2,1H3,(H,18,19)(H,15,16,17). The van der Waals surface area contributed by atoms with Gasteiger partial charge in [0.2, 0.25) is 0 Å². The normalized spacial score (nSPS) is 10.2. The Morgan fingerprint density at radius 1 is 1.40 bits per heavy atom. The van der Waals surface area contributed by atoms with Gasteiger partial charge in [0.1, 0.15) is 11.6 Å². The summed E-state index contributed by atoms with van der Waals surface area (Å²) in [6.07, 6.45) is 0.324. The molecule has 0 bridgehead atoms. The SMILES string of the molecule is Cc1cccc(OCCc2nc(C(=O)O)cc(=O)[nH]2)c1. The number of nitrogens with one attached hydrogen (secondary N) is 1. The highest BCUT2D eigenvalue weighted by Crippen LogP contribution is 2.12. The van der Waals surface area contributed by atoms with E-state index in [1.165, 1.54) is 0 Å². The zero-order valence-corrected chi connectivity index (χ0v) is 10.9. The lowest BCUT2D eigenvalue weighted by Crippen LogP contribution is -2.17. The number of H-pyrrole nitrogens is 1. The van der Waals surface area contributed by atoms with E-state index in [4.69, 9.17) is 9.84 Å². The van der Waals surface area contributed by atoms with Gasteiger partial charge in [-0.3, -0.25) is 4.79 Å². The average Bonchev–Trinajstić information content (AvgIpc) is 2.38. The molecule has 2 rings (SSSR count). The van der Waals surface area contributed by atoms with Crippen molar-refractivity contribution in [3.63, 3.8) is 0 Å². The van der Waals surface area contributed by atoms with Crippen LogP contribution in [0.25, 0.3) is 0 Å². The summed E-state index contributed by atoms with van der Waals surface area (Å²) in [6.45, 7) is 2.26. The Hall–Kier alpha value is -2.63. The molecule has 0 aliphatic heterocycles. The van der Waals surface area contributed by atoms with Gasteiger partial charge in [0, 0.05) is 12.5 Å². The van der Waals surface area contributed by atoms with E-state index in [1.807, 2.05) is 31.2 Å². The highest BCUT2D eigenvalue weighted by atomic mass is 16.5. The molecular weight excluding hydrogens is 260 g/mol. The van der Waals surface area contributed by atoms with Crippen LogP contribution in [0.15, 0.2) is 35.1 Å². The molecule has 20 heavy (non-hydrogen) atoms. The van der Waals surface area contributed by atoms with Crippen LogP contribution in [0.3, 0.4) is 0 Å². The summed E-state index contributed by atoms with van der Waals surface area (Å²) in [6, 6.07) is 8.52. The average molecular weight is 274 g/mol. The molecule has 2 aromatic rings. The van der Waals surface area contributed by atoms with Gasteiger partial charge < -0.3 is 14.8 Å². The predicted molar refractivity (Wildman–Crippen MR) is 72.2 cm³/mol. The molecule has 1 heterocycles. The van der Waals surface area contributed by atoms with Crippen molar-refractivity contribution in [1.29, 1.82) is 0 Å². The predicted octanol–water partition coefficient (Wildman–Crippen LogP) is 1.40. The van der Waals surface area contributed by atoms with Crippen LogP contribution < -0.4 is 10.3 Å². The molecule has 0 saturated heterocycles. The van der Waals surface area contributed by atoms with Crippen molar-refractivity contribution in [3.8, 4) is 5.75 Å². The number of aromatic nitrogens is 2. The number of rotatable bonds is 5. The number of aromatic amines is 1. The summed E-state index contributed by atoms with van der Waals surface area (Å²) in [4.78, 5) is 28.4. The fraction of sp³-hybridized carbons (Fsp3) is 0.214. The lowest BCUT2D eigenvalue weighted by molar-refractivity contribution is 0.0689. The zero-order chi connectivity index (χ0) is 14.5. The highest BCUT2D eigenvalue weighted by molar-refractivity contribution is 5.85. The Balaban J connectivity index is 2.01. The maximum absolute atomic E-state index is 11.3. The minimum atomic E-state index is -1.23.